The Morgan fingerprint density at radius 2 is 2.00 bits per heavy atom. The van der Waals surface area contributed by atoms with Crippen molar-refractivity contribution < 1.29 is 4.39 Å². The molecule has 0 spiro atoms. The van der Waals surface area contributed by atoms with Gasteiger partial charge < -0.3 is 5.32 Å². The van der Waals surface area contributed by atoms with Gasteiger partial charge in [-0.3, -0.25) is 0 Å². The maximum atomic E-state index is 13.5. The summed E-state index contributed by atoms with van der Waals surface area (Å²) in [6.07, 6.45) is 0.748. The molecule has 2 rings (SSSR count). The van der Waals surface area contributed by atoms with Crippen LogP contribution >= 0.6 is 27.5 Å². The molecular weight excluding hydrogens is 345 g/mol. The van der Waals surface area contributed by atoms with Gasteiger partial charge in [-0.2, -0.15) is 0 Å². The number of aromatic nitrogens is 2. The van der Waals surface area contributed by atoms with E-state index in [-0.39, 0.29) is 0 Å². The lowest BCUT2D eigenvalue weighted by Gasteiger charge is -2.11. The Morgan fingerprint density at radius 3 is 2.60 bits per heavy atom. The second-order valence-corrected chi connectivity index (χ2v) is 5.43. The number of anilines is 1. The van der Waals surface area contributed by atoms with E-state index in [1.54, 1.807) is 6.07 Å². The van der Waals surface area contributed by atoms with Gasteiger partial charge in [-0.05, 0) is 47.5 Å². The fourth-order valence-corrected chi connectivity index (χ4v) is 2.64. The van der Waals surface area contributed by atoms with Crippen molar-refractivity contribution in [1.82, 2.24) is 9.97 Å². The standard InChI is InChI=1S/C14H14BrClFN3/c1-3-11-12(15)14(18-4-2)20-13(19-11)8-5-9(16)7-10(17)6-8/h5-7H,3-4H2,1-2H3,(H,18,19,20). The number of halogens is 3. The van der Waals surface area contributed by atoms with Gasteiger partial charge in [-0.25, -0.2) is 14.4 Å². The topological polar surface area (TPSA) is 37.8 Å². The largest absolute Gasteiger partial charge is 0.369 e. The summed E-state index contributed by atoms with van der Waals surface area (Å²) in [4.78, 5) is 8.89. The van der Waals surface area contributed by atoms with Gasteiger partial charge in [-0.1, -0.05) is 18.5 Å². The van der Waals surface area contributed by atoms with E-state index in [9.17, 15) is 4.39 Å². The zero-order valence-corrected chi connectivity index (χ0v) is 13.5. The van der Waals surface area contributed by atoms with Gasteiger partial charge in [0.05, 0.1) is 10.2 Å². The minimum Gasteiger partial charge on any atom is -0.369 e. The van der Waals surface area contributed by atoms with Crippen molar-refractivity contribution in [1.29, 1.82) is 0 Å². The van der Waals surface area contributed by atoms with Gasteiger partial charge in [0.15, 0.2) is 5.82 Å². The van der Waals surface area contributed by atoms with E-state index in [1.165, 1.54) is 12.1 Å². The zero-order chi connectivity index (χ0) is 14.7. The molecule has 3 nitrogen and oxygen atoms in total. The molecule has 0 radical (unpaired) electrons. The van der Waals surface area contributed by atoms with E-state index < -0.39 is 5.82 Å². The average Bonchev–Trinajstić information content (AvgIpc) is 2.40. The SMILES string of the molecule is CCNc1nc(-c2cc(F)cc(Cl)c2)nc(CC)c1Br. The third kappa shape index (κ3) is 3.27. The highest BCUT2D eigenvalue weighted by molar-refractivity contribution is 9.10. The van der Waals surface area contributed by atoms with Crippen LogP contribution in [0.1, 0.15) is 19.5 Å². The molecule has 0 unspecified atom stereocenters. The lowest BCUT2D eigenvalue weighted by atomic mass is 10.2. The minimum atomic E-state index is -0.401. The van der Waals surface area contributed by atoms with Crippen LogP contribution in [0.4, 0.5) is 10.2 Å². The highest BCUT2D eigenvalue weighted by Crippen LogP contribution is 2.29. The van der Waals surface area contributed by atoms with E-state index in [4.69, 9.17) is 11.6 Å². The molecule has 20 heavy (non-hydrogen) atoms. The molecule has 0 atom stereocenters. The number of benzene rings is 1. The number of hydrogen-bond acceptors (Lipinski definition) is 3. The fourth-order valence-electron chi connectivity index (χ4n) is 1.82. The van der Waals surface area contributed by atoms with Crippen molar-refractivity contribution >= 4 is 33.3 Å². The average molecular weight is 359 g/mol. The summed E-state index contributed by atoms with van der Waals surface area (Å²) in [5, 5.41) is 3.49. The number of nitrogens with one attached hydrogen (secondary N) is 1. The summed E-state index contributed by atoms with van der Waals surface area (Å²) >= 11 is 9.38. The Morgan fingerprint density at radius 1 is 1.25 bits per heavy atom. The molecule has 1 aromatic heterocycles. The number of rotatable bonds is 4. The van der Waals surface area contributed by atoms with Gasteiger partial charge in [0, 0.05) is 17.1 Å². The first-order chi connectivity index (χ1) is 9.55. The molecular formula is C14H14BrClFN3. The molecule has 1 N–H and O–H groups in total. The van der Waals surface area contributed by atoms with E-state index in [2.05, 4.69) is 31.2 Å². The maximum absolute atomic E-state index is 13.5. The van der Waals surface area contributed by atoms with Crippen LogP contribution in [0.3, 0.4) is 0 Å². The zero-order valence-electron chi connectivity index (χ0n) is 11.2. The van der Waals surface area contributed by atoms with Crippen LogP contribution in [-0.2, 0) is 6.42 Å². The Kier molecular flexibility index (Phi) is 4.94. The molecule has 1 aromatic carbocycles. The smallest absolute Gasteiger partial charge is 0.161 e. The molecule has 0 amide bonds. The predicted octanol–water partition coefficient (Wildman–Crippen LogP) is 4.69. The van der Waals surface area contributed by atoms with Crippen molar-refractivity contribution in [2.45, 2.75) is 20.3 Å². The van der Waals surface area contributed by atoms with Crippen LogP contribution in [0.25, 0.3) is 11.4 Å². The van der Waals surface area contributed by atoms with Gasteiger partial charge in [0.1, 0.15) is 11.6 Å². The summed E-state index contributed by atoms with van der Waals surface area (Å²) in [7, 11) is 0. The highest BCUT2D eigenvalue weighted by Gasteiger charge is 2.13. The summed E-state index contributed by atoms with van der Waals surface area (Å²) in [5.41, 5.74) is 1.43. The summed E-state index contributed by atoms with van der Waals surface area (Å²) in [6, 6.07) is 4.29. The first-order valence-electron chi connectivity index (χ1n) is 6.31. The van der Waals surface area contributed by atoms with Gasteiger partial charge >= 0.3 is 0 Å². The minimum absolute atomic E-state index is 0.328. The third-order valence-electron chi connectivity index (χ3n) is 2.72. The molecule has 6 heteroatoms. The van der Waals surface area contributed by atoms with E-state index >= 15 is 0 Å². The van der Waals surface area contributed by atoms with Crippen LogP contribution in [0.2, 0.25) is 5.02 Å². The summed E-state index contributed by atoms with van der Waals surface area (Å²) in [5.74, 6) is 0.763. The molecule has 2 aromatic rings. The molecule has 0 saturated heterocycles. The van der Waals surface area contributed by atoms with Crippen molar-refractivity contribution in [2.24, 2.45) is 0 Å². The summed E-state index contributed by atoms with van der Waals surface area (Å²) in [6.45, 7) is 4.73. The second-order valence-electron chi connectivity index (χ2n) is 4.20. The van der Waals surface area contributed by atoms with Crippen molar-refractivity contribution in [3.8, 4) is 11.4 Å². The second kappa shape index (κ2) is 6.50. The van der Waals surface area contributed by atoms with Crippen LogP contribution in [0.5, 0.6) is 0 Å². The monoisotopic (exact) mass is 357 g/mol. The number of nitrogens with zero attached hydrogens (tertiary/aromatic N) is 2. The van der Waals surface area contributed by atoms with Crippen LogP contribution in [0.15, 0.2) is 22.7 Å². The predicted molar refractivity (Wildman–Crippen MR) is 83.7 cm³/mol. The molecule has 0 aliphatic heterocycles. The molecule has 0 aliphatic rings. The van der Waals surface area contributed by atoms with Crippen molar-refractivity contribution in [3.63, 3.8) is 0 Å². The lowest BCUT2D eigenvalue weighted by Crippen LogP contribution is -2.06. The highest BCUT2D eigenvalue weighted by atomic mass is 79.9. The molecule has 0 fully saturated rings. The maximum Gasteiger partial charge on any atom is 0.161 e. The normalized spacial score (nSPS) is 10.7. The van der Waals surface area contributed by atoms with Gasteiger partial charge in [0.2, 0.25) is 0 Å². The Bertz CT molecular complexity index is 614. The number of aryl methyl sites for hydroxylation is 1. The molecule has 0 saturated carbocycles. The molecule has 0 aliphatic carbocycles. The fraction of sp³-hybridized carbons (Fsp3) is 0.286. The van der Waals surface area contributed by atoms with Gasteiger partial charge in [0.25, 0.3) is 0 Å². The van der Waals surface area contributed by atoms with Gasteiger partial charge in [-0.15, -0.1) is 0 Å². The van der Waals surface area contributed by atoms with E-state index in [0.717, 1.165) is 23.1 Å². The van der Waals surface area contributed by atoms with E-state index in [1.807, 2.05) is 13.8 Å². The van der Waals surface area contributed by atoms with Crippen molar-refractivity contribution in [3.05, 3.63) is 39.2 Å². The van der Waals surface area contributed by atoms with Crippen LogP contribution < -0.4 is 5.32 Å². The first kappa shape index (κ1) is 15.2. The van der Waals surface area contributed by atoms with Crippen LogP contribution in [-0.4, -0.2) is 16.5 Å². The first-order valence-corrected chi connectivity index (χ1v) is 7.49. The Labute approximate surface area is 130 Å². The summed E-state index contributed by atoms with van der Waals surface area (Å²) < 4.78 is 14.3. The molecule has 0 bridgehead atoms. The molecule has 1 heterocycles. The Hall–Kier alpha value is -1.20. The third-order valence-corrected chi connectivity index (χ3v) is 3.77. The van der Waals surface area contributed by atoms with Crippen molar-refractivity contribution in [2.75, 3.05) is 11.9 Å². The van der Waals surface area contributed by atoms with E-state index in [0.29, 0.717) is 22.2 Å². The van der Waals surface area contributed by atoms with Crippen LogP contribution in [0, 0.1) is 5.82 Å². The quantitative estimate of drug-likeness (QED) is 0.861. The molecule has 106 valence electrons. The number of hydrogen-bond donors (Lipinski definition) is 1. The Balaban J connectivity index is 2.58. The lowest BCUT2D eigenvalue weighted by molar-refractivity contribution is 0.628.